The van der Waals surface area contributed by atoms with Crippen LogP contribution in [0.2, 0.25) is 0 Å². The number of aryl methyl sites for hydroxylation is 1. The van der Waals surface area contributed by atoms with E-state index < -0.39 is 5.24 Å². The Morgan fingerprint density at radius 2 is 1.84 bits per heavy atom. The standard InChI is InChI=1S/C21H20ClNO2/c1-4-14-5-10-19-17(11-14)18(21(22)24)12-20(23-19)15-6-8-16(9-7-15)25-13(2)3/h5-13H,4H2,1-3H3. The van der Waals surface area contributed by atoms with Gasteiger partial charge in [0.2, 0.25) is 0 Å². The van der Waals surface area contributed by atoms with Crippen LogP contribution in [-0.2, 0) is 6.42 Å². The molecule has 0 fully saturated rings. The Bertz CT molecular complexity index is 917. The van der Waals surface area contributed by atoms with E-state index >= 15 is 0 Å². The van der Waals surface area contributed by atoms with Crippen LogP contribution in [0.4, 0.5) is 0 Å². The molecule has 0 bridgehead atoms. The van der Waals surface area contributed by atoms with E-state index in [-0.39, 0.29) is 6.10 Å². The summed E-state index contributed by atoms with van der Waals surface area (Å²) in [7, 11) is 0. The van der Waals surface area contributed by atoms with Gasteiger partial charge in [-0.25, -0.2) is 4.98 Å². The van der Waals surface area contributed by atoms with Crippen LogP contribution in [0.3, 0.4) is 0 Å². The zero-order chi connectivity index (χ0) is 18.0. The van der Waals surface area contributed by atoms with Crippen LogP contribution < -0.4 is 4.74 Å². The summed E-state index contributed by atoms with van der Waals surface area (Å²) in [6, 6.07) is 15.4. The second kappa shape index (κ2) is 7.24. The van der Waals surface area contributed by atoms with Crippen molar-refractivity contribution < 1.29 is 9.53 Å². The summed E-state index contributed by atoms with van der Waals surface area (Å²) >= 11 is 5.83. The largest absolute Gasteiger partial charge is 0.491 e. The quantitative estimate of drug-likeness (QED) is 0.558. The average molecular weight is 354 g/mol. The first-order valence-electron chi connectivity index (χ1n) is 8.38. The van der Waals surface area contributed by atoms with Crippen LogP contribution in [0.1, 0.15) is 36.7 Å². The Morgan fingerprint density at radius 1 is 1.12 bits per heavy atom. The number of fused-ring (bicyclic) bond motifs is 1. The van der Waals surface area contributed by atoms with Crippen LogP contribution >= 0.6 is 11.6 Å². The molecule has 0 unspecified atom stereocenters. The van der Waals surface area contributed by atoms with E-state index in [2.05, 4.69) is 6.92 Å². The molecule has 4 heteroatoms. The minimum Gasteiger partial charge on any atom is -0.491 e. The smallest absolute Gasteiger partial charge is 0.253 e. The lowest BCUT2D eigenvalue weighted by Gasteiger charge is -2.11. The summed E-state index contributed by atoms with van der Waals surface area (Å²) < 4.78 is 5.67. The van der Waals surface area contributed by atoms with Gasteiger partial charge >= 0.3 is 0 Å². The highest BCUT2D eigenvalue weighted by atomic mass is 35.5. The molecule has 3 rings (SSSR count). The normalized spacial score (nSPS) is 11.1. The third-order valence-electron chi connectivity index (χ3n) is 4.01. The Labute approximate surface area is 152 Å². The molecule has 0 amide bonds. The van der Waals surface area contributed by atoms with Crippen LogP contribution in [0.5, 0.6) is 5.75 Å². The summed E-state index contributed by atoms with van der Waals surface area (Å²) in [5.74, 6) is 0.806. The first-order chi connectivity index (χ1) is 12.0. The number of hydrogen-bond donors (Lipinski definition) is 0. The molecular weight excluding hydrogens is 334 g/mol. The maximum absolute atomic E-state index is 11.9. The molecule has 0 aliphatic heterocycles. The summed E-state index contributed by atoms with van der Waals surface area (Å²) in [5.41, 5.74) is 4.03. The Hall–Kier alpha value is -2.39. The Morgan fingerprint density at radius 3 is 2.44 bits per heavy atom. The fourth-order valence-electron chi connectivity index (χ4n) is 2.78. The molecule has 0 aliphatic carbocycles. The lowest BCUT2D eigenvalue weighted by Crippen LogP contribution is -2.05. The van der Waals surface area contributed by atoms with Crippen LogP contribution in [0.25, 0.3) is 22.2 Å². The molecule has 1 heterocycles. The van der Waals surface area contributed by atoms with E-state index in [1.54, 1.807) is 6.07 Å². The number of aromatic nitrogens is 1. The van der Waals surface area contributed by atoms with E-state index in [9.17, 15) is 4.79 Å². The monoisotopic (exact) mass is 353 g/mol. The van der Waals surface area contributed by atoms with Gasteiger partial charge in [-0.15, -0.1) is 0 Å². The molecule has 3 aromatic rings. The van der Waals surface area contributed by atoms with Gasteiger partial charge in [-0.3, -0.25) is 4.79 Å². The minimum atomic E-state index is -0.471. The van der Waals surface area contributed by atoms with E-state index in [1.165, 1.54) is 0 Å². The highest BCUT2D eigenvalue weighted by molar-refractivity contribution is 6.68. The summed E-state index contributed by atoms with van der Waals surface area (Å²) in [4.78, 5) is 16.6. The van der Waals surface area contributed by atoms with Crippen molar-refractivity contribution in [3.8, 4) is 17.0 Å². The number of hydrogen-bond acceptors (Lipinski definition) is 3. The minimum absolute atomic E-state index is 0.123. The molecule has 1 aromatic heterocycles. The van der Waals surface area contributed by atoms with Crippen LogP contribution in [0, 0.1) is 0 Å². The third-order valence-corrected chi connectivity index (χ3v) is 4.22. The van der Waals surface area contributed by atoms with Crippen molar-refractivity contribution in [3.05, 3.63) is 59.7 Å². The van der Waals surface area contributed by atoms with Crippen molar-refractivity contribution in [3.63, 3.8) is 0 Å². The zero-order valence-corrected chi connectivity index (χ0v) is 15.3. The van der Waals surface area contributed by atoms with E-state index in [4.69, 9.17) is 21.3 Å². The highest BCUT2D eigenvalue weighted by Crippen LogP contribution is 2.28. The molecule has 3 nitrogen and oxygen atoms in total. The summed E-state index contributed by atoms with van der Waals surface area (Å²) in [6.45, 7) is 6.05. The Kier molecular flexibility index (Phi) is 5.05. The van der Waals surface area contributed by atoms with Crippen molar-refractivity contribution in [1.29, 1.82) is 0 Å². The summed E-state index contributed by atoms with van der Waals surface area (Å²) in [6.07, 6.45) is 1.02. The molecule has 0 N–H and O–H groups in total. The SMILES string of the molecule is CCc1ccc2nc(-c3ccc(OC(C)C)cc3)cc(C(=O)Cl)c2c1. The van der Waals surface area contributed by atoms with Gasteiger partial charge in [-0.2, -0.15) is 0 Å². The van der Waals surface area contributed by atoms with Crippen LogP contribution in [-0.4, -0.2) is 16.3 Å². The lowest BCUT2D eigenvalue weighted by molar-refractivity contribution is 0.108. The lowest BCUT2D eigenvalue weighted by atomic mass is 10.0. The number of carbonyl (C=O) groups is 1. The number of ether oxygens (including phenoxy) is 1. The second-order valence-corrected chi connectivity index (χ2v) is 6.57. The fraction of sp³-hybridized carbons (Fsp3) is 0.238. The number of nitrogens with zero attached hydrogens (tertiary/aromatic N) is 1. The Balaban J connectivity index is 2.09. The average Bonchev–Trinajstić information content (AvgIpc) is 2.60. The predicted octanol–water partition coefficient (Wildman–Crippen LogP) is 5.63. The van der Waals surface area contributed by atoms with Gasteiger partial charge in [0.15, 0.2) is 0 Å². The van der Waals surface area contributed by atoms with Crippen molar-refractivity contribution in [2.24, 2.45) is 0 Å². The van der Waals surface area contributed by atoms with Gasteiger partial charge in [0, 0.05) is 16.5 Å². The van der Waals surface area contributed by atoms with E-state index in [0.717, 1.165) is 39.9 Å². The topological polar surface area (TPSA) is 39.2 Å². The number of benzene rings is 2. The van der Waals surface area contributed by atoms with Gasteiger partial charge in [-0.05, 0) is 79.9 Å². The molecule has 0 aliphatic rings. The highest BCUT2D eigenvalue weighted by Gasteiger charge is 2.13. The number of rotatable bonds is 5. The summed E-state index contributed by atoms with van der Waals surface area (Å²) in [5, 5.41) is 0.324. The van der Waals surface area contributed by atoms with Crippen molar-refractivity contribution in [2.75, 3.05) is 0 Å². The fourth-order valence-corrected chi connectivity index (χ4v) is 2.94. The molecule has 2 aromatic carbocycles. The molecule has 0 atom stereocenters. The van der Waals surface area contributed by atoms with Crippen molar-refractivity contribution in [1.82, 2.24) is 4.98 Å². The molecular formula is C21H20ClNO2. The van der Waals surface area contributed by atoms with Crippen LogP contribution in [0.15, 0.2) is 48.5 Å². The van der Waals surface area contributed by atoms with Gasteiger partial charge in [0.25, 0.3) is 5.24 Å². The first kappa shape index (κ1) is 17.4. The van der Waals surface area contributed by atoms with Gasteiger partial charge in [0.05, 0.1) is 17.3 Å². The number of carbonyl (C=O) groups excluding carboxylic acids is 1. The molecule has 128 valence electrons. The molecule has 0 saturated heterocycles. The molecule has 0 spiro atoms. The van der Waals surface area contributed by atoms with Crippen molar-refractivity contribution in [2.45, 2.75) is 33.3 Å². The third kappa shape index (κ3) is 3.83. The molecule has 0 radical (unpaired) electrons. The number of pyridine rings is 1. The second-order valence-electron chi connectivity index (χ2n) is 6.22. The van der Waals surface area contributed by atoms with E-state index in [1.807, 2.05) is 56.3 Å². The maximum atomic E-state index is 11.9. The van der Waals surface area contributed by atoms with Gasteiger partial charge < -0.3 is 4.74 Å². The zero-order valence-electron chi connectivity index (χ0n) is 14.5. The molecule has 0 saturated carbocycles. The first-order valence-corrected chi connectivity index (χ1v) is 8.76. The predicted molar refractivity (Wildman–Crippen MR) is 103 cm³/mol. The molecule has 25 heavy (non-hydrogen) atoms. The van der Waals surface area contributed by atoms with Gasteiger partial charge in [-0.1, -0.05) is 13.0 Å². The number of halogens is 1. The van der Waals surface area contributed by atoms with Gasteiger partial charge in [0.1, 0.15) is 5.75 Å². The maximum Gasteiger partial charge on any atom is 0.253 e. The van der Waals surface area contributed by atoms with E-state index in [0.29, 0.717) is 5.56 Å². The van der Waals surface area contributed by atoms with Crippen molar-refractivity contribution >= 4 is 27.7 Å².